The number of halogens is 3. The van der Waals surface area contributed by atoms with Gasteiger partial charge in [0.1, 0.15) is 6.61 Å². The molecule has 3 aromatic carbocycles. The van der Waals surface area contributed by atoms with Gasteiger partial charge in [0.15, 0.2) is 11.5 Å². The van der Waals surface area contributed by atoms with Crippen molar-refractivity contribution < 1.29 is 19.1 Å². The van der Waals surface area contributed by atoms with Gasteiger partial charge in [-0.15, -0.1) is 0 Å². The van der Waals surface area contributed by atoms with Crippen LogP contribution in [0.1, 0.15) is 29.2 Å². The summed E-state index contributed by atoms with van der Waals surface area (Å²) in [6.45, 7) is 4.79. The van der Waals surface area contributed by atoms with Gasteiger partial charge in [0.25, 0.3) is 11.1 Å². The number of hydrogen-bond acceptors (Lipinski definition) is 5. The van der Waals surface area contributed by atoms with Gasteiger partial charge in [0.2, 0.25) is 0 Å². The van der Waals surface area contributed by atoms with E-state index >= 15 is 0 Å². The predicted molar refractivity (Wildman–Crippen MR) is 154 cm³/mol. The fourth-order valence-electron chi connectivity index (χ4n) is 3.53. The van der Waals surface area contributed by atoms with E-state index in [4.69, 9.17) is 32.7 Å². The summed E-state index contributed by atoms with van der Waals surface area (Å²) in [5.41, 5.74) is 3.56. The zero-order valence-electron chi connectivity index (χ0n) is 19.5. The molecule has 0 unspecified atom stereocenters. The Balaban J connectivity index is 1.55. The molecule has 9 heteroatoms. The van der Waals surface area contributed by atoms with E-state index in [0.717, 1.165) is 37.6 Å². The van der Waals surface area contributed by atoms with Crippen molar-refractivity contribution in [3.63, 3.8) is 0 Å². The Labute approximate surface area is 237 Å². The van der Waals surface area contributed by atoms with Gasteiger partial charge in [-0.1, -0.05) is 59.1 Å². The summed E-state index contributed by atoms with van der Waals surface area (Å²) in [6, 6.07) is 16.7. The average molecular weight is 654 g/mol. The minimum atomic E-state index is -0.309. The Kier molecular flexibility index (Phi) is 8.87. The van der Waals surface area contributed by atoms with Crippen LogP contribution >= 0.6 is 57.6 Å². The highest BCUT2D eigenvalue weighted by atomic mass is 127. The maximum absolute atomic E-state index is 13.0. The van der Waals surface area contributed by atoms with Crippen LogP contribution in [-0.4, -0.2) is 22.7 Å². The van der Waals surface area contributed by atoms with Crippen molar-refractivity contribution in [3.05, 3.63) is 95.4 Å². The molecule has 1 aliphatic heterocycles. The van der Waals surface area contributed by atoms with Crippen molar-refractivity contribution in [2.24, 2.45) is 0 Å². The Morgan fingerprint density at radius 2 is 1.78 bits per heavy atom. The number of rotatable bonds is 8. The smallest absolute Gasteiger partial charge is 0.293 e. The third-order valence-electron chi connectivity index (χ3n) is 5.35. The molecule has 0 radical (unpaired) electrons. The van der Waals surface area contributed by atoms with Crippen LogP contribution in [0.5, 0.6) is 11.5 Å². The first-order valence-corrected chi connectivity index (χ1v) is 13.7. The number of amides is 2. The lowest BCUT2D eigenvalue weighted by molar-refractivity contribution is -0.123. The molecular formula is C27H22Cl2INO4S. The summed E-state index contributed by atoms with van der Waals surface area (Å²) < 4.78 is 12.7. The molecule has 3 aromatic rings. The Morgan fingerprint density at radius 1 is 1.03 bits per heavy atom. The fraction of sp³-hybridized carbons (Fsp3) is 0.185. The molecule has 1 saturated heterocycles. The van der Waals surface area contributed by atoms with Gasteiger partial charge in [-0.3, -0.25) is 14.5 Å². The molecule has 5 nitrogen and oxygen atoms in total. The summed E-state index contributed by atoms with van der Waals surface area (Å²) in [7, 11) is 0. The van der Waals surface area contributed by atoms with E-state index in [1.807, 2.05) is 50.2 Å². The highest BCUT2D eigenvalue weighted by Gasteiger charge is 2.35. The van der Waals surface area contributed by atoms with Crippen LogP contribution in [0.15, 0.2) is 59.5 Å². The SMILES string of the molecule is CCOc1cc(/C=C2\SC(=O)N(Cc3ccc(C)cc3)C2=O)cc(I)c1OCc1ccc(Cl)cc1Cl. The normalized spacial score (nSPS) is 14.6. The second kappa shape index (κ2) is 11.9. The molecule has 0 saturated carbocycles. The molecule has 0 N–H and O–H groups in total. The van der Waals surface area contributed by atoms with Gasteiger partial charge in [-0.05, 0) is 89.7 Å². The first-order chi connectivity index (χ1) is 17.2. The van der Waals surface area contributed by atoms with E-state index in [1.54, 1.807) is 24.3 Å². The van der Waals surface area contributed by atoms with Crippen LogP contribution in [0.4, 0.5) is 4.79 Å². The zero-order valence-corrected chi connectivity index (χ0v) is 24.0. The highest BCUT2D eigenvalue weighted by molar-refractivity contribution is 14.1. The number of nitrogens with zero attached hydrogens (tertiary/aromatic N) is 1. The quantitative estimate of drug-likeness (QED) is 0.182. The molecule has 0 bridgehead atoms. The van der Waals surface area contributed by atoms with Crippen molar-refractivity contribution >= 4 is 74.8 Å². The van der Waals surface area contributed by atoms with Crippen molar-refractivity contribution in [1.29, 1.82) is 0 Å². The number of aryl methyl sites for hydroxylation is 1. The third-order valence-corrected chi connectivity index (χ3v) is 7.65. The Morgan fingerprint density at radius 3 is 2.47 bits per heavy atom. The zero-order chi connectivity index (χ0) is 25.8. The number of thioether (sulfide) groups is 1. The summed E-state index contributed by atoms with van der Waals surface area (Å²) in [5, 5.41) is 0.792. The average Bonchev–Trinajstić information content (AvgIpc) is 3.08. The van der Waals surface area contributed by atoms with E-state index < -0.39 is 0 Å². The highest BCUT2D eigenvalue weighted by Crippen LogP contribution is 2.38. The van der Waals surface area contributed by atoms with Crippen molar-refractivity contribution in [3.8, 4) is 11.5 Å². The van der Waals surface area contributed by atoms with E-state index in [9.17, 15) is 9.59 Å². The van der Waals surface area contributed by atoms with Gasteiger partial charge in [-0.25, -0.2) is 0 Å². The molecule has 1 aliphatic rings. The van der Waals surface area contributed by atoms with Gasteiger partial charge in [0.05, 0.1) is 21.6 Å². The number of ether oxygens (including phenoxy) is 2. The number of carbonyl (C=O) groups excluding carboxylic acids is 2. The number of benzene rings is 3. The third kappa shape index (κ3) is 6.37. The maximum atomic E-state index is 13.0. The largest absolute Gasteiger partial charge is 0.490 e. The van der Waals surface area contributed by atoms with Crippen LogP contribution in [0, 0.1) is 10.5 Å². The fourth-order valence-corrected chi connectivity index (χ4v) is 5.61. The molecule has 4 rings (SSSR count). The predicted octanol–water partition coefficient (Wildman–Crippen LogP) is 8.12. The second-order valence-electron chi connectivity index (χ2n) is 8.04. The van der Waals surface area contributed by atoms with Crippen LogP contribution in [0.2, 0.25) is 10.0 Å². The number of imide groups is 1. The van der Waals surface area contributed by atoms with E-state index in [1.165, 1.54) is 4.90 Å². The minimum absolute atomic E-state index is 0.239. The molecule has 0 aromatic heterocycles. The lowest BCUT2D eigenvalue weighted by atomic mass is 10.1. The summed E-state index contributed by atoms with van der Waals surface area (Å²) >= 11 is 15.4. The molecule has 2 amide bonds. The van der Waals surface area contributed by atoms with Crippen LogP contribution in [-0.2, 0) is 17.9 Å². The van der Waals surface area contributed by atoms with Crippen molar-refractivity contribution in [2.75, 3.05) is 6.61 Å². The molecule has 36 heavy (non-hydrogen) atoms. The molecule has 0 spiro atoms. The van der Waals surface area contributed by atoms with E-state index in [0.29, 0.717) is 33.1 Å². The first kappa shape index (κ1) is 26.9. The molecule has 1 heterocycles. The van der Waals surface area contributed by atoms with E-state index in [2.05, 4.69) is 22.6 Å². The van der Waals surface area contributed by atoms with Crippen molar-refractivity contribution in [1.82, 2.24) is 4.90 Å². The Hall–Kier alpha value is -2.20. The minimum Gasteiger partial charge on any atom is -0.490 e. The molecule has 186 valence electrons. The van der Waals surface area contributed by atoms with Gasteiger partial charge in [0, 0.05) is 15.6 Å². The van der Waals surface area contributed by atoms with Crippen molar-refractivity contribution in [2.45, 2.75) is 27.0 Å². The standard InChI is InChI=1S/C27H22Cl2INO4S/c1-3-34-23-11-18(10-22(30)25(23)35-15-19-8-9-20(28)13-21(19)29)12-24-26(32)31(27(33)36-24)14-17-6-4-16(2)5-7-17/h4-13H,3,14-15H2,1-2H3/b24-12-. The molecule has 1 fully saturated rings. The lowest BCUT2D eigenvalue weighted by Gasteiger charge is -2.15. The van der Waals surface area contributed by atoms with Crippen LogP contribution < -0.4 is 9.47 Å². The monoisotopic (exact) mass is 653 g/mol. The van der Waals surface area contributed by atoms with E-state index in [-0.39, 0.29) is 24.3 Å². The number of carbonyl (C=O) groups is 2. The Bertz CT molecular complexity index is 1340. The summed E-state index contributed by atoms with van der Waals surface area (Å²) in [5.74, 6) is 0.809. The van der Waals surface area contributed by atoms with Gasteiger partial charge >= 0.3 is 0 Å². The topological polar surface area (TPSA) is 55.8 Å². The van der Waals surface area contributed by atoms with Crippen LogP contribution in [0.3, 0.4) is 0 Å². The molecule has 0 aliphatic carbocycles. The number of hydrogen-bond donors (Lipinski definition) is 0. The maximum Gasteiger partial charge on any atom is 0.293 e. The first-order valence-electron chi connectivity index (χ1n) is 11.1. The molecular weight excluding hydrogens is 632 g/mol. The molecule has 0 atom stereocenters. The summed E-state index contributed by atoms with van der Waals surface area (Å²) in [6.07, 6.45) is 1.71. The van der Waals surface area contributed by atoms with Crippen LogP contribution in [0.25, 0.3) is 6.08 Å². The lowest BCUT2D eigenvalue weighted by Crippen LogP contribution is -2.27. The summed E-state index contributed by atoms with van der Waals surface area (Å²) in [4.78, 5) is 27.2. The van der Waals surface area contributed by atoms with Gasteiger partial charge in [-0.2, -0.15) is 0 Å². The second-order valence-corrected chi connectivity index (χ2v) is 11.0. The van der Waals surface area contributed by atoms with Gasteiger partial charge < -0.3 is 9.47 Å².